The van der Waals surface area contributed by atoms with Gasteiger partial charge in [0.05, 0.1) is 25.6 Å². The van der Waals surface area contributed by atoms with Crippen LogP contribution in [0.5, 0.6) is 11.5 Å². The fourth-order valence-corrected chi connectivity index (χ4v) is 4.54. The van der Waals surface area contributed by atoms with E-state index in [0.29, 0.717) is 34.3 Å². The minimum Gasteiger partial charge on any atom is -0.494 e. The highest BCUT2D eigenvalue weighted by Gasteiger charge is 2.33. The predicted molar refractivity (Wildman–Crippen MR) is 131 cm³/mol. The van der Waals surface area contributed by atoms with Crippen molar-refractivity contribution >= 4 is 16.0 Å². The second-order valence-electron chi connectivity index (χ2n) is 7.83. The molecule has 0 saturated heterocycles. The Kier molecular flexibility index (Phi) is 7.12. The topological polar surface area (TPSA) is 154 Å². The highest BCUT2D eigenvalue weighted by molar-refractivity contribution is 7.93. The summed E-state index contributed by atoms with van der Waals surface area (Å²) in [6, 6.07) is 11.8. The third-order valence-electron chi connectivity index (χ3n) is 5.50. The Morgan fingerprint density at radius 1 is 0.972 bits per heavy atom. The molecule has 0 fully saturated rings. The number of benzene rings is 1. The molecule has 2 atom stereocenters. The number of hydrogen-bond donors (Lipinski definition) is 2. The van der Waals surface area contributed by atoms with E-state index in [1.54, 1.807) is 55.7 Å². The van der Waals surface area contributed by atoms with Gasteiger partial charge in [0.2, 0.25) is 16.0 Å². The molecule has 3 heterocycles. The molecule has 0 aliphatic carbocycles. The van der Waals surface area contributed by atoms with E-state index in [9.17, 15) is 13.5 Å². The molecule has 4 aromatic rings. The first-order chi connectivity index (χ1) is 17.3. The smallest absolute Gasteiger partial charge is 0.243 e. The normalized spacial score (nSPS) is 13.1. The number of aliphatic hydroxyl groups is 1. The Morgan fingerprint density at radius 3 is 2.28 bits per heavy atom. The van der Waals surface area contributed by atoms with Crippen LogP contribution in [0.25, 0.3) is 17.1 Å². The third kappa shape index (κ3) is 4.83. The molecule has 188 valence electrons. The van der Waals surface area contributed by atoms with E-state index in [2.05, 4.69) is 30.1 Å². The number of sulfonamides is 1. The second kappa shape index (κ2) is 10.3. The summed E-state index contributed by atoms with van der Waals surface area (Å²) in [4.78, 5) is 4.13. The van der Waals surface area contributed by atoms with Gasteiger partial charge < -0.3 is 14.6 Å². The minimum atomic E-state index is -4.20. The number of ether oxygens (including phenoxy) is 2. The average molecular weight is 512 g/mol. The number of aryl methyl sites for hydroxylation is 1. The van der Waals surface area contributed by atoms with Gasteiger partial charge in [0.1, 0.15) is 28.5 Å². The van der Waals surface area contributed by atoms with Gasteiger partial charge in [-0.1, -0.05) is 6.07 Å². The van der Waals surface area contributed by atoms with Crippen LogP contribution in [0.15, 0.2) is 54.9 Å². The maximum Gasteiger partial charge on any atom is 0.243 e. The van der Waals surface area contributed by atoms with E-state index >= 15 is 0 Å². The number of nitrogens with zero attached hydrogens (tertiary/aromatic N) is 6. The van der Waals surface area contributed by atoms with Crippen LogP contribution in [0.3, 0.4) is 0 Å². The van der Waals surface area contributed by atoms with E-state index in [1.807, 2.05) is 0 Å². The number of aromatic nitrogens is 6. The van der Waals surface area contributed by atoms with Crippen LogP contribution >= 0.6 is 0 Å². The molecule has 12 nitrogen and oxygen atoms in total. The van der Waals surface area contributed by atoms with Gasteiger partial charge in [-0.2, -0.15) is 10.2 Å². The average Bonchev–Trinajstić information content (AvgIpc) is 3.30. The van der Waals surface area contributed by atoms with Gasteiger partial charge in [0, 0.05) is 18.0 Å². The van der Waals surface area contributed by atoms with Crippen molar-refractivity contribution in [2.75, 3.05) is 18.9 Å². The van der Waals surface area contributed by atoms with Gasteiger partial charge in [0.15, 0.2) is 5.82 Å². The number of aliphatic hydroxyl groups excluding tert-OH is 1. The van der Waals surface area contributed by atoms with Gasteiger partial charge in [-0.15, -0.1) is 10.2 Å². The van der Waals surface area contributed by atoms with Crippen molar-refractivity contribution in [2.24, 2.45) is 0 Å². The van der Waals surface area contributed by atoms with Crippen molar-refractivity contribution in [3.8, 4) is 28.6 Å². The van der Waals surface area contributed by atoms with Crippen molar-refractivity contribution in [2.45, 2.75) is 25.2 Å². The van der Waals surface area contributed by atoms with Crippen LogP contribution in [0, 0.1) is 6.92 Å². The Labute approximate surface area is 208 Å². The predicted octanol–water partition coefficient (Wildman–Crippen LogP) is 2.31. The molecule has 0 spiro atoms. The lowest BCUT2D eigenvalue weighted by atomic mass is 10.2. The third-order valence-corrected chi connectivity index (χ3v) is 7.20. The number of pyridine rings is 1. The van der Waals surface area contributed by atoms with Gasteiger partial charge in [-0.05, 0) is 50.2 Å². The van der Waals surface area contributed by atoms with Gasteiger partial charge in [-0.25, -0.2) is 8.42 Å². The number of nitrogens with one attached hydrogen (secondary N) is 1. The van der Waals surface area contributed by atoms with E-state index in [-0.39, 0.29) is 11.6 Å². The van der Waals surface area contributed by atoms with Gasteiger partial charge in [0.25, 0.3) is 0 Å². The van der Waals surface area contributed by atoms with Crippen molar-refractivity contribution in [3.05, 3.63) is 66.2 Å². The molecule has 36 heavy (non-hydrogen) atoms. The number of rotatable bonds is 9. The van der Waals surface area contributed by atoms with E-state index in [4.69, 9.17) is 9.47 Å². The number of para-hydroxylation sites is 1. The van der Waals surface area contributed by atoms with E-state index in [1.165, 1.54) is 31.8 Å². The van der Waals surface area contributed by atoms with Gasteiger partial charge in [-0.3, -0.25) is 14.3 Å². The maximum atomic E-state index is 13.3. The monoisotopic (exact) mass is 511 g/mol. The molecule has 0 saturated carbocycles. The molecule has 4 rings (SSSR count). The molecular formula is C23H25N7O5S. The summed E-state index contributed by atoms with van der Waals surface area (Å²) in [7, 11) is -1.23. The van der Waals surface area contributed by atoms with Crippen LogP contribution in [-0.4, -0.2) is 62.9 Å². The fourth-order valence-electron chi connectivity index (χ4n) is 3.49. The summed E-state index contributed by atoms with van der Waals surface area (Å²) in [5, 5.41) is 25.5. The van der Waals surface area contributed by atoms with Crippen LogP contribution in [0.4, 0.5) is 5.95 Å². The zero-order chi connectivity index (χ0) is 25.9. The molecule has 0 aliphatic heterocycles. The lowest BCUT2D eigenvalue weighted by Crippen LogP contribution is -2.32. The highest BCUT2D eigenvalue weighted by Crippen LogP contribution is 2.37. The summed E-state index contributed by atoms with van der Waals surface area (Å²) < 4.78 is 41.7. The van der Waals surface area contributed by atoms with Crippen molar-refractivity contribution in [1.82, 2.24) is 29.9 Å². The molecule has 0 amide bonds. The highest BCUT2D eigenvalue weighted by atomic mass is 32.2. The quantitative estimate of drug-likeness (QED) is 0.342. The Hall–Kier alpha value is -4.10. The van der Waals surface area contributed by atoms with Crippen LogP contribution in [0.1, 0.15) is 24.4 Å². The number of methoxy groups -OCH3 is 2. The summed E-state index contributed by atoms with van der Waals surface area (Å²) >= 11 is 0. The van der Waals surface area contributed by atoms with Gasteiger partial charge >= 0.3 is 0 Å². The van der Waals surface area contributed by atoms with Crippen molar-refractivity contribution in [1.29, 1.82) is 0 Å². The lowest BCUT2D eigenvalue weighted by Gasteiger charge is -2.21. The van der Waals surface area contributed by atoms with Crippen LogP contribution in [0.2, 0.25) is 0 Å². The Bertz CT molecular complexity index is 1420. The molecule has 0 bridgehead atoms. The number of hydrogen-bond acceptors (Lipinski definition) is 10. The molecule has 0 radical (unpaired) electrons. The Balaban J connectivity index is 1.81. The molecular weight excluding hydrogens is 486 g/mol. The standard InChI is InChI=1S/C23H25N7O5S/c1-14-10-11-17(26-25-14)21(31)15(2)36(32,33)29-23-28-27-22(16-7-6-12-24-13-16)30(23)20-18(34-3)8-5-9-19(20)35-4/h5-13,15,21,31H,1-4H3,(H,28,29). The zero-order valence-electron chi connectivity index (χ0n) is 20.0. The minimum absolute atomic E-state index is 0.127. The van der Waals surface area contributed by atoms with E-state index in [0.717, 1.165) is 0 Å². The second-order valence-corrected chi connectivity index (χ2v) is 9.87. The zero-order valence-corrected chi connectivity index (χ0v) is 20.8. The first-order valence-corrected chi connectivity index (χ1v) is 12.4. The molecule has 2 unspecified atom stereocenters. The summed E-state index contributed by atoms with van der Waals surface area (Å²) in [6.45, 7) is 3.10. The van der Waals surface area contributed by atoms with Crippen LogP contribution in [-0.2, 0) is 10.0 Å². The summed E-state index contributed by atoms with van der Waals surface area (Å²) in [6.07, 6.45) is 1.74. The molecule has 2 N–H and O–H groups in total. The van der Waals surface area contributed by atoms with Crippen molar-refractivity contribution < 1.29 is 23.0 Å². The fraction of sp³-hybridized carbons (Fsp3) is 0.261. The maximum absolute atomic E-state index is 13.3. The summed E-state index contributed by atoms with van der Waals surface area (Å²) in [5.74, 6) is 0.942. The molecule has 3 aromatic heterocycles. The first-order valence-electron chi connectivity index (χ1n) is 10.8. The molecule has 0 aliphatic rings. The molecule has 13 heteroatoms. The summed E-state index contributed by atoms with van der Waals surface area (Å²) in [5.41, 5.74) is 1.72. The Morgan fingerprint density at radius 2 is 1.69 bits per heavy atom. The molecule has 1 aromatic carbocycles. The lowest BCUT2D eigenvalue weighted by molar-refractivity contribution is 0.170. The van der Waals surface area contributed by atoms with Crippen LogP contribution < -0.4 is 14.2 Å². The first kappa shape index (κ1) is 25.0. The van der Waals surface area contributed by atoms with Crippen molar-refractivity contribution in [3.63, 3.8) is 0 Å². The SMILES string of the molecule is COc1cccc(OC)c1-n1c(NS(=O)(=O)C(C)C(O)c2ccc(C)nn2)nnc1-c1cccnc1. The number of anilines is 1. The largest absolute Gasteiger partial charge is 0.494 e. The van der Waals surface area contributed by atoms with E-state index < -0.39 is 21.4 Å².